The van der Waals surface area contributed by atoms with Crippen LogP contribution in [0, 0.1) is 5.82 Å². The fraction of sp³-hybridized carbons (Fsp3) is 0.0667. The van der Waals surface area contributed by atoms with E-state index in [1.54, 1.807) is 3.97 Å². The molecule has 0 aliphatic carbocycles. The van der Waals surface area contributed by atoms with E-state index in [0.29, 0.717) is 16.7 Å². The molecule has 23 heavy (non-hydrogen) atoms. The van der Waals surface area contributed by atoms with Crippen molar-refractivity contribution in [1.29, 1.82) is 0 Å². The first kappa shape index (κ1) is 15.2. The quantitative estimate of drug-likeness (QED) is 0.305. The van der Waals surface area contributed by atoms with Crippen molar-refractivity contribution in [1.82, 2.24) is 18.5 Å². The van der Waals surface area contributed by atoms with Crippen LogP contribution in [0.15, 0.2) is 36.7 Å². The molecule has 0 N–H and O–H groups in total. The fourth-order valence-corrected chi connectivity index (χ4v) is 4.20. The second kappa shape index (κ2) is 5.64. The molecular formula is C15H9ClFIN4S. The van der Waals surface area contributed by atoms with E-state index in [1.807, 2.05) is 42.1 Å². The first-order valence-corrected chi connectivity index (χ1v) is 10.4. The minimum atomic E-state index is -0.358. The van der Waals surface area contributed by atoms with Crippen LogP contribution in [0.3, 0.4) is 0 Å². The van der Waals surface area contributed by atoms with Crippen LogP contribution in [0.2, 0.25) is 5.28 Å². The second-order valence-electron chi connectivity index (χ2n) is 5.08. The van der Waals surface area contributed by atoms with Gasteiger partial charge in [0.1, 0.15) is 0 Å². The van der Waals surface area contributed by atoms with Crippen molar-refractivity contribution in [2.75, 3.05) is 0 Å². The van der Waals surface area contributed by atoms with E-state index < -0.39 is 0 Å². The minimum absolute atomic E-state index is 0.102. The minimum Gasteiger partial charge on any atom is -0.350 e. The number of halogens is 3. The molecule has 0 fully saturated rings. The smallest absolute Gasteiger partial charge is 0.224 e. The second-order valence-corrected chi connectivity index (χ2v) is 7.13. The van der Waals surface area contributed by atoms with E-state index in [4.69, 9.17) is 11.6 Å². The molecule has 0 aliphatic rings. The molecule has 0 spiro atoms. The summed E-state index contributed by atoms with van der Waals surface area (Å²) in [5.74, 6) is -0.358. The predicted molar refractivity (Wildman–Crippen MR) is 101 cm³/mol. The maximum Gasteiger partial charge on any atom is 0.224 e. The van der Waals surface area contributed by atoms with Gasteiger partial charge in [-0.05, 0) is 17.7 Å². The third-order valence-corrected chi connectivity index (χ3v) is 5.64. The highest BCUT2D eigenvalue weighted by Crippen LogP contribution is 2.37. The molecule has 4 aromatic rings. The van der Waals surface area contributed by atoms with Gasteiger partial charge in [0.15, 0.2) is 11.5 Å². The van der Waals surface area contributed by atoms with Crippen LogP contribution >= 0.6 is 41.9 Å². The Bertz CT molecular complexity index is 1060. The number of hydrogen-bond acceptors (Lipinski definition) is 3. The summed E-state index contributed by atoms with van der Waals surface area (Å²) in [6.07, 6.45) is 3.35. The molecule has 0 atom stereocenters. The van der Waals surface area contributed by atoms with Gasteiger partial charge in [0.05, 0.1) is 17.3 Å². The highest BCUT2D eigenvalue weighted by atomic mass is 127. The van der Waals surface area contributed by atoms with Crippen molar-refractivity contribution < 1.29 is 4.39 Å². The van der Waals surface area contributed by atoms with Crippen molar-refractivity contribution >= 4 is 63.9 Å². The van der Waals surface area contributed by atoms with Gasteiger partial charge in [-0.15, -0.1) is 0 Å². The number of benzene rings is 1. The lowest BCUT2D eigenvalue weighted by Crippen LogP contribution is -1.92. The first-order chi connectivity index (χ1) is 11.1. The summed E-state index contributed by atoms with van der Waals surface area (Å²) in [7, 11) is 3.29. The number of aromatic nitrogens is 4. The Balaban J connectivity index is 2.14. The molecule has 0 aliphatic heterocycles. The summed E-state index contributed by atoms with van der Waals surface area (Å²) in [6.45, 7) is 0. The van der Waals surface area contributed by atoms with Crippen LogP contribution in [0.1, 0.15) is 0 Å². The molecule has 0 saturated heterocycles. The summed E-state index contributed by atoms with van der Waals surface area (Å²) < 4.78 is 18.2. The molecule has 0 radical (unpaired) electrons. The monoisotopic (exact) mass is 458 g/mol. The molecule has 4 nitrogen and oxygen atoms in total. The molecule has 4 rings (SSSR count). The number of aryl methyl sites for hydroxylation is 1. The van der Waals surface area contributed by atoms with Crippen LogP contribution in [-0.4, -0.2) is 18.5 Å². The third kappa shape index (κ3) is 2.33. The average molecular weight is 459 g/mol. The van der Waals surface area contributed by atoms with Gasteiger partial charge in [0.25, 0.3) is 0 Å². The lowest BCUT2D eigenvalue weighted by molar-refractivity contribution is 0.638. The van der Waals surface area contributed by atoms with Crippen LogP contribution < -0.4 is 0 Å². The van der Waals surface area contributed by atoms with Gasteiger partial charge in [0, 0.05) is 60.0 Å². The highest BCUT2D eigenvalue weighted by Gasteiger charge is 2.20. The number of para-hydroxylation sites is 1. The zero-order valence-electron chi connectivity index (χ0n) is 11.8. The van der Waals surface area contributed by atoms with E-state index >= 15 is 0 Å². The maximum absolute atomic E-state index is 14.5. The summed E-state index contributed by atoms with van der Waals surface area (Å²) >= 11 is 8.17. The van der Waals surface area contributed by atoms with Crippen molar-refractivity contribution in [2.45, 2.75) is 0 Å². The van der Waals surface area contributed by atoms with Gasteiger partial charge in [-0.1, -0.05) is 18.2 Å². The number of rotatable bonds is 2. The highest BCUT2D eigenvalue weighted by molar-refractivity contribution is 14.2. The zero-order chi connectivity index (χ0) is 16.1. The van der Waals surface area contributed by atoms with Crippen molar-refractivity contribution in [3.8, 4) is 11.3 Å². The molecule has 0 bridgehead atoms. The van der Waals surface area contributed by atoms with Crippen LogP contribution in [-0.2, 0) is 7.05 Å². The van der Waals surface area contributed by atoms with E-state index in [9.17, 15) is 4.39 Å². The molecule has 1 aromatic carbocycles. The van der Waals surface area contributed by atoms with Gasteiger partial charge in [0.2, 0.25) is 5.28 Å². The molecule has 0 saturated carbocycles. The topological polar surface area (TPSA) is 35.6 Å². The Hall–Kier alpha value is -1.32. The van der Waals surface area contributed by atoms with Crippen molar-refractivity contribution in [3.05, 3.63) is 47.8 Å². The van der Waals surface area contributed by atoms with E-state index in [-0.39, 0.29) is 11.1 Å². The molecule has 3 aromatic heterocycles. The number of fused-ring (bicyclic) bond motifs is 2. The standard InChI is InChI=1S/C15H9ClFIN4S/c1-21-6-9(8-4-2-3-5-11(8)21)13-12-10(17)7-22(23-18)14(12)20-15(16)19-13/h2-7H,1H3. The van der Waals surface area contributed by atoms with E-state index in [2.05, 4.69) is 31.2 Å². The van der Waals surface area contributed by atoms with Gasteiger partial charge in [-0.3, -0.25) is 3.97 Å². The molecule has 8 heteroatoms. The Morgan fingerprint density at radius 1 is 1.22 bits per heavy atom. The van der Waals surface area contributed by atoms with Gasteiger partial charge >= 0.3 is 0 Å². The van der Waals surface area contributed by atoms with E-state index in [1.165, 1.54) is 15.3 Å². The Labute approximate surface area is 152 Å². The fourth-order valence-electron chi connectivity index (χ4n) is 2.81. The lowest BCUT2D eigenvalue weighted by Gasteiger charge is -2.03. The van der Waals surface area contributed by atoms with Gasteiger partial charge in [-0.2, -0.15) is 4.98 Å². The molecule has 0 unspecified atom stereocenters. The van der Waals surface area contributed by atoms with E-state index in [0.717, 1.165) is 16.5 Å². The predicted octanol–water partition coefficient (Wildman–Crippen LogP) is 5.23. The Morgan fingerprint density at radius 2 is 2.00 bits per heavy atom. The third-order valence-electron chi connectivity index (χ3n) is 3.77. The van der Waals surface area contributed by atoms with Crippen LogP contribution in [0.5, 0.6) is 0 Å². The van der Waals surface area contributed by atoms with Crippen molar-refractivity contribution in [2.24, 2.45) is 7.05 Å². The summed E-state index contributed by atoms with van der Waals surface area (Å²) in [5, 5.41) is 1.49. The first-order valence-electron chi connectivity index (χ1n) is 6.67. The summed E-state index contributed by atoms with van der Waals surface area (Å²) in [6, 6.07) is 7.93. The van der Waals surface area contributed by atoms with Crippen molar-refractivity contribution in [3.63, 3.8) is 0 Å². The zero-order valence-corrected chi connectivity index (χ0v) is 15.5. The normalized spacial score (nSPS) is 11.7. The molecular weight excluding hydrogens is 450 g/mol. The lowest BCUT2D eigenvalue weighted by atomic mass is 10.1. The largest absolute Gasteiger partial charge is 0.350 e. The molecule has 3 heterocycles. The Morgan fingerprint density at radius 3 is 2.78 bits per heavy atom. The SMILES string of the molecule is Cn1cc(-c2nc(Cl)nc3c2c(F)cn3SI)c2ccccc21. The van der Waals surface area contributed by atoms with Gasteiger partial charge in [-0.25, -0.2) is 9.37 Å². The summed E-state index contributed by atoms with van der Waals surface area (Å²) in [4.78, 5) is 8.50. The molecule has 116 valence electrons. The van der Waals surface area contributed by atoms with Crippen LogP contribution in [0.4, 0.5) is 4.39 Å². The Kier molecular flexibility index (Phi) is 3.73. The summed E-state index contributed by atoms with van der Waals surface area (Å²) in [5.41, 5.74) is 2.88. The number of hydrogen-bond donors (Lipinski definition) is 0. The van der Waals surface area contributed by atoms with Gasteiger partial charge < -0.3 is 4.57 Å². The maximum atomic E-state index is 14.5. The van der Waals surface area contributed by atoms with Crippen LogP contribution in [0.25, 0.3) is 33.2 Å². The molecule has 0 amide bonds. The number of nitrogens with zero attached hydrogens (tertiary/aromatic N) is 4. The average Bonchev–Trinajstić information content (AvgIpc) is 3.05.